The summed E-state index contributed by atoms with van der Waals surface area (Å²) in [6, 6.07) is 1.72. The van der Waals surface area contributed by atoms with Crippen molar-refractivity contribution in [1.29, 1.82) is 5.26 Å². The lowest BCUT2D eigenvalue weighted by molar-refractivity contribution is -0.124. The van der Waals surface area contributed by atoms with Gasteiger partial charge in [0.15, 0.2) is 0 Å². The van der Waals surface area contributed by atoms with Gasteiger partial charge >= 0.3 is 0 Å². The van der Waals surface area contributed by atoms with E-state index in [4.69, 9.17) is 5.26 Å². The second kappa shape index (κ2) is 4.97. The van der Waals surface area contributed by atoms with Crippen LogP contribution in [-0.4, -0.2) is 23.2 Å². The zero-order valence-corrected chi connectivity index (χ0v) is 8.36. The Morgan fingerprint density at radius 1 is 1.57 bits per heavy atom. The van der Waals surface area contributed by atoms with Crippen molar-refractivity contribution in [3.8, 4) is 6.07 Å². The number of hydrogen-bond donors (Lipinski definition) is 2. The van der Waals surface area contributed by atoms with Crippen molar-refractivity contribution in [2.24, 2.45) is 5.92 Å². The van der Waals surface area contributed by atoms with Crippen LogP contribution in [-0.2, 0) is 4.79 Å². The van der Waals surface area contributed by atoms with Gasteiger partial charge in [-0.15, -0.1) is 0 Å². The maximum atomic E-state index is 11.3. The van der Waals surface area contributed by atoms with E-state index in [0.29, 0.717) is 0 Å². The average Bonchev–Trinajstić information content (AvgIpc) is 2.20. The van der Waals surface area contributed by atoms with E-state index in [1.807, 2.05) is 6.07 Å². The van der Waals surface area contributed by atoms with Gasteiger partial charge in [0.25, 0.3) is 0 Å². The summed E-state index contributed by atoms with van der Waals surface area (Å²) in [6.45, 7) is 1.56. The Labute approximate surface area is 83.9 Å². The third-order valence-electron chi connectivity index (χ3n) is 2.64. The lowest BCUT2D eigenvalue weighted by atomic mass is 9.92. The highest BCUT2D eigenvalue weighted by Gasteiger charge is 2.25. The van der Waals surface area contributed by atoms with Crippen molar-refractivity contribution < 1.29 is 9.90 Å². The lowest BCUT2D eigenvalue weighted by Crippen LogP contribution is -2.46. The molecule has 0 aromatic carbocycles. The number of aliphatic hydroxyl groups is 1. The van der Waals surface area contributed by atoms with Crippen LogP contribution in [0.25, 0.3) is 0 Å². The van der Waals surface area contributed by atoms with E-state index >= 15 is 0 Å². The zero-order chi connectivity index (χ0) is 10.6. The minimum atomic E-state index is -0.635. The van der Waals surface area contributed by atoms with Gasteiger partial charge in [0.1, 0.15) is 5.92 Å². The van der Waals surface area contributed by atoms with E-state index in [0.717, 1.165) is 25.7 Å². The molecule has 0 bridgehead atoms. The molecule has 0 radical (unpaired) electrons. The number of aliphatic hydroxyl groups excluding tert-OH is 1. The van der Waals surface area contributed by atoms with Gasteiger partial charge in [-0.1, -0.05) is 12.8 Å². The van der Waals surface area contributed by atoms with Crippen molar-refractivity contribution in [3.63, 3.8) is 0 Å². The third kappa shape index (κ3) is 2.71. The van der Waals surface area contributed by atoms with E-state index in [1.165, 1.54) is 0 Å². The Hall–Kier alpha value is -1.08. The number of carbonyl (C=O) groups excluding carboxylic acids is 1. The molecular weight excluding hydrogens is 180 g/mol. The summed E-state index contributed by atoms with van der Waals surface area (Å²) in [5.41, 5.74) is 0. The van der Waals surface area contributed by atoms with Crippen LogP contribution in [0.3, 0.4) is 0 Å². The number of carbonyl (C=O) groups is 1. The standard InChI is InChI=1S/C10H16N2O2/c1-7(6-11)10(14)12-8-4-2-3-5-9(8)13/h7-9,13H,2-5H2,1H3,(H,12,14). The summed E-state index contributed by atoms with van der Waals surface area (Å²) >= 11 is 0. The van der Waals surface area contributed by atoms with Crippen LogP contribution in [0.5, 0.6) is 0 Å². The maximum absolute atomic E-state index is 11.3. The molecule has 0 spiro atoms. The monoisotopic (exact) mass is 196 g/mol. The summed E-state index contributed by atoms with van der Waals surface area (Å²) < 4.78 is 0. The van der Waals surface area contributed by atoms with Gasteiger partial charge in [-0.25, -0.2) is 0 Å². The predicted octanol–water partition coefficient (Wildman–Crippen LogP) is 0.566. The number of nitrogens with one attached hydrogen (secondary N) is 1. The summed E-state index contributed by atoms with van der Waals surface area (Å²) in [5.74, 6) is -0.914. The Balaban J connectivity index is 2.43. The van der Waals surface area contributed by atoms with Crippen LogP contribution in [0.4, 0.5) is 0 Å². The van der Waals surface area contributed by atoms with Crippen LogP contribution in [0.2, 0.25) is 0 Å². The molecule has 3 atom stereocenters. The van der Waals surface area contributed by atoms with E-state index in [9.17, 15) is 9.90 Å². The summed E-state index contributed by atoms with van der Waals surface area (Å²) in [7, 11) is 0. The minimum Gasteiger partial charge on any atom is -0.391 e. The molecule has 1 amide bonds. The lowest BCUT2D eigenvalue weighted by Gasteiger charge is -2.28. The van der Waals surface area contributed by atoms with Crippen molar-refractivity contribution in [2.45, 2.75) is 44.8 Å². The van der Waals surface area contributed by atoms with Crippen LogP contribution in [0.15, 0.2) is 0 Å². The van der Waals surface area contributed by atoms with Gasteiger partial charge < -0.3 is 10.4 Å². The molecule has 0 heterocycles. The van der Waals surface area contributed by atoms with Gasteiger partial charge in [-0.05, 0) is 19.8 Å². The predicted molar refractivity (Wildman–Crippen MR) is 51.2 cm³/mol. The second-order valence-corrected chi connectivity index (χ2v) is 3.82. The first-order valence-corrected chi connectivity index (χ1v) is 5.03. The number of hydrogen-bond acceptors (Lipinski definition) is 3. The average molecular weight is 196 g/mol. The molecule has 3 unspecified atom stereocenters. The molecule has 4 heteroatoms. The van der Waals surface area contributed by atoms with Gasteiger partial charge in [0.2, 0.25) is 5.91 Å². The fraction of sp³-hybridized carbons (Fsp3) is 0.800. The molecule has 1 saturated carbocycles. The van der Waals surface area contributed by atoms with Crippen LogP contribution in [0, 0.1) is 17.2 Å². The second-order valence-electron chi connectivity index (χ2n) is 3.82. The van der Waals surface area contributed by atoms with Crippen LogP contribution in [0.1, 0.15) is 32.6 Å². The Morgan fingerprint density at radius 2 is 2.21 bits per heavy atom. The molecule has 2 N–H and O–H groups in total. The fourth-order valence-electron chi connectivity index (χ4n) is 1.65. The SMILES string of the molecule is CC(C#N)C(=O)NC1CCCCC1O. The molecule has 78 valence electrons. The Kier molecular flexibility index (Phi) is 3.90. The van der Waals surface area contributed by atoms with Crippen LogP contribution < -0.4 is 5.32 Å². The molecular formula is C10H16N2O2. The topological polar surface area (TPSA) is 73.1 Å². The minimum absolute atomic E-state index is 0.160. The fourth-order valence-corrected chi connectivity index (χ4v) is 1.65. The summed E-state index contributed by atoms with van der Waals surface area (Å²) in [5, 5.41) is 20.8. The highest BCUT2D eigenvalue weighted by Crippen LogP contribution is 2.18. The third-order valence-corrected chi connectivity index (χ3v) is 2.64. The van der Waals surface area contributed by atoms with E-state index < -0.39 is 12.0 Å². The largest absolute Gasteiger partial charge is 0.391 e. The van der Waals surface area contributed by atoms with Crippen LogP contribution >= 0.6 is 0 Å². The highest BCUT2D eigenvalue weighted by atomic mass is 16.3. The normalized spacial score (nSPS) is 28.9. The number of nitrogens with zero attached hydrogens (tertiary/aromatic N) is 1. The van der Waals surface area contributed by atoms with Crippen molar-refractivity contribution in [3.05, 3.63) is 0 Å². The van der Waals surface area contributed by atoms with Gasteiger partial charge in [-0.2, -0.15) is 5.26 Å². The molecule has 1 fully saturated rings. The molecule has 0 aromatic rings. The Bertz CT molecular complexity index is 247. The van der Waals surface area contributed by atoms with Crippen molar-refractivity contribution in [1.82, 2.24) is 5.32 Å². The first kappa shape index (κ1) is 11.0. The number of nitriles is 1. The van der Waals surface area contributed by atoms with Gasteiger partial charge in [0.05, 0.1) is 18.2 Å². The zero-order valence-electron chi connectivity index (χ0n) is 8.36. The smallest absolute Gasteiger partial charge is 0.237 e. The van der Waals surface area contributed by atoms with Crippen molar-refractivity contribution in [2.75, 3.05) is 0 Å². The number of rotatable bonds is 2. The van der Waals surface area contributed by atoms with E-state index in [2.05, 4.69) is 5.32 Å². The van der Waals surface area contributed by atoms with E-state index in [1.54, 1.807) is 6.92 Å². The highest BCUT2D eigenvalue weighted by molar-refractivity contribution is 5.80. The summed E-state index contributed by atoms with van der Waals surface area (Å²) in [4.78, 5) is 11.3. The molecule has 14 heavy (non-hydrogen) atoms. The molecule has 4 nitrogen and oxygen atoms in total. The number of amides is 1. The van der Waals surface area contributed by atoms with Crippen molar-refractivity contribution >= 4 is 5.91 Å². The molecule has 1 rings (SSSR count). The quantitative estimate of drug-likeness (QED) is 0.678. The molecule has 0 aliphatic heterocycles. The molecule has 0 saturated heterocycles. The van der Waals surface area contributed by atoms with Gasteiger partial charge in [-0.3, -0.25) is 4.79 Å². The first-order valence-electron chi connectivity index (χ1n) is 5.03. The maximum Gasteiger partial charge on any atom is 0.237 e. The van der Waals surface area contributed by atoms with Gasteiger partial charge in [0, 0.05) is 0 Å². The molecule has 1 aliphatic carbocycles. The Morgan fingerprint density at radius 3 is 2.79 bits per heavy atom. The van der Waals surface area contributed by atoms with E-state index in [-0.39, 0.29) is 11.9 Å². The summed E-state index contributed by atoms with van der Waals surface area (Å²) in [6.07, 6.45) is 3.15. The molecule has 1 aliphatic rings. The molecule has 0 aromatic heterocycles. The first-order chi connectivity index (χ1) is 6.65.